The van der Waals surface area contributed by atoms with Gasteiger partial charge in [-0.3, -0.25) is 4.79 Å². The molecule has 160 valence electrons. The lowest BCUT2D eigenvalue weighted by molar-refractivity contribution is -0.148. The monoisotopic (exact) mass is 411 g/mol. The maximum Gasteiger partial charge on any atom is 0.331 e. The van der Waals surface area contributed by atoms with E-state index in [0.29, 0.717) is 23.8 Å². The van der Waals surface area contributed by atoms with Crippen LogP contribution in [0.25, 0.3) is 6.08 Å². The molecular formula is C24H29NO5. The van der Waals surface area contributed by atoms with E-state index in [1.807, 2.05) is 45.0 Å². The van der Waals surface area contributed by atoms with Gasteiger partial charge in [-0.15, -0.1) is 0 Å². The summed E-state index contributed by atoms with van der Waals surface area (Å²) in [7, 11) is 1.56. The summed E-state index contributed by atoms with van der Waals surface area (Å²) < 4.78 is 16.2. The molecule has 2 aromatic rings. The summed E-state index contributed by atoms with van der Waals surface area (Å²) in [5.41, 5.74) is 3.42. The van der Waals surface area contributed by atoms with Crippen molar-refractivity contribution in [1.29, 1.82) is 0 Å². The number of rotatable bonds is 9. The number of aryl methyl sites for hydroxylation is 2. The van der Waals surface area contributed by atoms with Crippen LogP contribution in [0.1, 0.15) is 37.0 Å². The van der Waals surface area contributed by atoms with Gasteiger partial charge in [0.05, 0.1) is 13.7 Å². The van der Waals surface area contributed by atoms with Crippen LogP contribution in [-0.4, -0.2) is 31.7 Å². The minimum atomic E-state index is -0.929. The zero-order chi connectivity index (χ0) is 22.1. The van der Waals surface area contributed by atoms with E-state index in [-0.39, 0.29) is 5.91 Å². The fourth-order valence-corrected chi connectivity index (χ4v) is 2.66. The molecule has 0 saturated carbocycles. The number of benzene rings is 2. The summed E-state index contributed by atoms with van der Waals surface area (Å²) in [5, 5.41) is 2.80. The molecule has 6 nitrogen and oxygen atoms in total. The van der Waals surface area contributed by atoms with Crippen molar-refractivity contribution < 1.29 is 23.8 Å². The first kappa shape index (κ1) is 23.0. The Bertz CT molecular complexity index is 920. The number of hydrogen-bond donors (Lipinski definition) is 1. The van der Waals surface area contributed by atoms with Gasteiger partial charge in [0.15, 0.2) is 17.6 Å². The maximum absolute atomic E-state index is 12.4. The van der Waals surface area contributed by atoms with Crippen molar-refractivity contribution in [3.05, 3.63) is 59.2 Å². The molecule has 0 aromatic heterocycles. The number of amides is 1. The van der Waals surface area contributed by atoms with E-state index in [1.54, 1.807) is 25.3 Å². The standard InChI is InChI=1S/C24H29NO5/c1-6-13-29-21-11-9-19(15-22(21)28-5)10-12-23(26)30-18(4)24(27)25-20-14-16(2)7-8-17(20)3/h7-12,14-15,18H,6,13H2,1-5H3,(H,25,27)/b12-10+/t18-/m0/s1. The summed E-state index contributed by atoms with van der Waals surface area (Å²) in [6, 6.07) is 11.1. The maximum atomic E-state index is 12.4. The van der Waals surface area contributed by atoms with Crippen LogP contribution < -0.4 is 14.8 Å². The van der Waals surface area contributed by atoms with Gasteiger partial charge in [-0.2, -0.15) is 0 Å². The quantitative estimate of drug-likeness (QED) is 0.479. The molecule has 2 rings (SSSR count). The van der Waals surface area contributed by atoms with Crippen LogP contribution in [-0.2, 0) is 14.3 Å². The highest BCUT2D eigenvalue weighted by Gasteiger charge is 2.17. The Morgan fingerprint density at radius 1 is 1.10 bits per heavy atom. The van der Waals surface area contributed by atoms with Gasteiger partial charge >= 0.3 is 5.97 Å². The SMILES string of the molecule is CCCOc1ccc(/C=C/C(=O)O[C@@H](C)C(=O)Nc2cc(C)ccc2C)cc1OC. The van der Waals surface area contributed by atoms with E-state index in [0.717, 1.165) is 23.1 Å². The second-order valence-corrected chi connectivity index (χ2v) is 6.98. The average molecular weight is 411 g/mol. The summed E-state index contributed by atoms with van der Waals surface area (Å²) in [5.74, 6) is 0.240. The Kier molecular flexibility index (Phi) is 8.47. The van der Waals surface area contributed by atoms with Gasteiger partial charge in [-0.25, -0.2) is 4.79 Å². The van der Waals surface area contributed by atoms with Crippen LogP contribution in [0.5, 0.6) is 11.5 Å². The predicted octanol–water partition coefficient (Wildman–Crippen LogP) is 4.68. The summed E-state index contributed by atoms with van der Waals surface area (Å²) in [6.07, 6.45) is 2.85. The molecule has 0 radical (unpaired) electrons. The third kappa shape index (κ3) is 6.65. The molecular weight excluding hydrogens is 382 g/mol. The fourth-order valence-electron chi connectivity index (χ4n) is 2.66. The normalized spacial score (nSPS) is 11.8. The molecule has 0 spiro atoms. The molecule has 0 saturated heterocycles. The number of esters is 1. The molecule has 1 N–H and O–H groups in total. The molecule has 30 heavy (non-hydrogen) atoms. The lowest BCUT2D eigenvalue weighted by atomic mass is 10.1. The zero-order valence-electron chi connectivity index (χ0n) is 18.2. The first-order valence-electron chi connectivity index (χ1n) is 9.91. The van der Waals surface area contributed by atoms with Gasteiger partial charge in [-0.05, 0) is 68.2 Å². The number of nitrogens with one attached hydrogen (secondary N) is 1. The summed E-state index contributed by atoms with van der Waals surface area (Å²) in [6.45, 7) is 8.01. The van der Waals surface area contributed by atoms with Gasteiger partial charge in [-0.1, -0.05) is 25.1 Å². The van der Waals surface area contributed by atoms with Crippen molar-refractivity contribution in [1.82, 2.24) is 0 Å². The summed E-state index contributed by atoms with van der Waals surface area (Å²) >= 11 is 0. The Hall–Kier alpha value is -3.28. The van der Waals surface area contributed by atoms with Gasteiger partial charge in [0.25, 0.3) is 5.91 Å². The minimum Gasteiger partial charge on any atom is -0.493 e. The lowest BCUT2D eigenvalue weighted by Crippen LogP contribution is -2.29. The van der Waals surface area contributed by atoms with E-state index < -0.39 is 12.1 Å². The molecule has 0 unspecified atom stereocenters. The minimum absolute atomic E-state index is 0.385. The smallest absolute Gasteiger partial charge is 0.331 e. The molecule has 0 heterocycles. The number of hydrogen-bond acceptors (Lipinski definition) is 5. The number of methoxy groups -OCH3 is 1. The first-order valence-corrected chi connectivity index (χ1v) is 9.91. The van der Waals surface area contributed by atoms with Crippen LogP contribution in [0.4, 0.5) is 5.69 Å². The Balaban J connectivity index is 1.96. The topological polar surface area (TPSA) is 73.9 Å². The molecule has 0 bridgehead atoms. The van der Waals surface area contributed by atoms with Gasteiger partial charge in [0.1, 0.15) is 0 Å². The lowest BCUT2D eigenvalue weighted by Gasteiger charge is -2.14. The molecule has 6 heteroatoms. The Morgan fingerprint density at radius 2 is 1.87 bits per heavy atom. The molecule has 0 aliphatic heterocycles. The highest BCUT2D eigenvalue weighted by molar-refractivity contribution is 5.97. The van der Waals surface area contributed by atoms with Crippen LogP contribution in [0.2, 0.25) is 0 Å². The largest absolute Gasteiger partial charge is 0.493 e. The van der Waals surface area contributed by atoms with Gasteiger partial charge in [0.2, 0.25) is 0 Å². The number of carbonyl (C=O) groups excluding carboxylic acids is 2. The molecule has 1 atom stereocenters. The van der Waals surface area contributed by atoms with Gasteiger partial charge in [0, 0.05) is 11.8 Å². The van der Waals surface area contributed by atoms with Crippen molar-refractivity contribution in [2.45, 2.75) is 40.2 Å². The van der Waals surface area contributed by atoms with Gasteiger partial charge < -0.3 is 19.5 Å². The second kappa shape index (κ2) is 11.0. The Morgan fingerprint density at radius 3 is 2.57 bits per heavy atom. The predicted molar refractivity (Wildman–Crippen MR) is 118 cm³/mol. The van der Waals surface area contributed by atoms with Crippen LogP contribution in [0.15, 0.2) is 42.5 Å². The van der Waals surface area contributed by atoms with Crippen molar-refractivity contribution in [3.8, 4) is 11.5 Å². The third-order valence-electron chi connectivity index (χ3n) is 4.37. The first-order chi connectivity index (χ1) is 14.3. The highest BCUT2D eigenvalue weighted by atomic mass is 16.5. The van der Waals surface area contributed by atoms with E-state index >= 15 is 0 Å². The Labute approximate surface area is 177 Å². The second-order valence-electron chi connectivity index (χ2n) is 6.98. The van der Waals surface area contributed by atoms with E-state index in [4.69, 9.17) is 14.2 Å². The third-order valence-corrected chi connectivity index (χ3v) is 4.37. The van der Waals surface area contributed by atoms with Crippen molar-refractivity contribution in [3.63, 3.8) is 0 Å². The number of anilines is 1. The fraction of sp³-hybridized carbons (Fsp3) is 0.333. The molecule has 0 aliphatic carbocycles. The summed E-state index contributed by atoms with van der Waals surface area (Å²) in [4.78, 5) is 24.5. The highest BCUT2D eigenvalue weighted by Crippen LogP contribution is 2.28. The van der Waals surface area contributed by atoms with Crippen LogP contribution in [0.3, 0.4) is 0 Å². The van der Waals surface area contributed by atoms with E-state index in [9.17, 15) is 9.59 Å². The van der Waals surface area contributed by atoms with E-state index in [2.05, 4.69) is 5.32 Å². The van der Waals surface area contributed by atoms with E-state index in [1.165, 1.54) is 13.0 Å². The number of carbonyl (C=O) groups is 2. The van der Waals surface area contributed by atoms with Crippen molar-refractivity contribution in [2.75, 3.05) is 19.0 Å². The van der Waals surface area contributed by atoms with Crippen molar-refractivity contribution in [2.24, 2.45) is 0 Å². The molecule has 0 aliphatic rings. The van der Waals surface area contributed by atoms with Crippen LogP contribution >= 0.6 is 0 Å². The zero-order valence-corrected chi connectivity index (χ0v) is 18.2. The molecule has 1 amide bonds. The van der Waals surface area contributed by atoms with Crippen LogP contribution in [0, 0.1) is 13.8 Å². The molecule has 2 aromatic carbocycles. The molecule has 0 fully saturated rings. The average Bonchev–Trinajstić information content (AvgIpc) is 2.73. The van der Waals surface area contributed by atoms with Crippen molar-refractivity contribution >= 4 is 23.6 Å². The number of ether oxygens (including phenoxy) is 3.